The van der Waals surface area contributed by atoms with Gasteiger partial charge in [0, 0.05) is 23.0 Å². The van der Waals surface area contributed by atoms with Gasteiger partial charge in [0.2, 0.25) is 0 Å². The molecule has 0 bridgehead atoms. The Morgan fingerprint density at radius 2 is 2.04 bits per heavy atom. The molecule has 136 valence electrons. The van der Waals surface area contributed by atoms with Gasteiger partial charge >= 0.3 is 6.03 Å². The molecule has 3 heterocycles. The van der Waals surface area contributed by atoms with Crippen LogP contribution < -0.4 is 5.32 Å². The standard InChI is InChI=1S/C18H20N4O4/c1-11-9-13(12(2)22(11)15-5-8-26-20-15)14(23)10-21-16(24)18(19-17(21)25)6-3-4-7-18/h5,8-9H,3-4,6-7,10H2,1-2H3,(H,19,25). The van der Waals surface area contributed by atoms with Gasteiger partial charge in [-0.25, -0.2) is 4.79 Å². The maximum absolute atomic E-state index is 12.8. The molecule has 26 heavy (non-hydrogen) atoms. The molecule has 3 amide bonds. The van der Waals surface area contributed by atoms with Crippen LogP contribution in [0.1, 0.15) is 47.4 Å². The van der Waals surface area contributed by atoms with E-state index in [2.05, 4.69) is 10.5 Å². The van der Waals surface area contributed by atoms with E-state index in [-0.39, 0.29) is 18.2 Å². The van der Waals surface area contributed by atoms with Crippen LogP contribution >= 0.6 is 0 Å². The molecule has 1 saturated carbocycles. The van der Waals surface area contributed by atoms with Crippen molar-refractivity contribution in [1.82, 2.24) is 19.9 Å². The lowest BCUT2D eigenvalue weighted by atomic mass is 9.98. The molecule has 0 unspecified atom stereocenters. The summed E-state index contributed by atoms with van der Waals surface area (Å²) in [5.41, 5.74) is 1.20. The number of hydrogen-bond donors (Lipinski definition) is 1. The maximum Gasteiger partial charge on any atom is 0.325 e. The maximum atomic E-state index is 12.8. The van der Waals surface area contributed by atoms with Crippen molar-refractivity contribution in [1.29, 1.82) is 0 Å². The lowest BCUT2D eigenvalue weighted by Gasteiger charge is -2.19. The highest BCUT2D eigenvalue weighted by Crippen LogP contribution is 2.35. The molecule has 8 heteroatoms. The van der Waals surface area contributed by atoms with Crippen LogP contribution in [-0.4, -0.2) is 44.4 Å². The molecule has 1 spiro atoms. The van der Waals surface area contributed by atoms with Gasteiger partial charge in [0.05, 0.1) is 6.54 Å². The van der Waals surface area contributed by atoms with Crippen molar-refractivity contribution in [3.05, 3.63) is 35.3 Å². The number of nitrogens with one attached hydrogen (secondary N) is 1. The molecule has 1 aliphatic carbocycles. The van der Waals surface area contributed by atoms with Crippen LogP contribution in [0.4, 0.5) is 4.79 Å². The van der Waals surface area contributed by atoms with Gasteiger partial charge in [0.1, 0.15) is 11.8 Å². The largest absolute Gasteiger partial charge is 0.363 e. The second-order valence-electron chi connectivity index (χ2n) is 7.01. The predicted octanol–water partition coefficient (Wildman–Crippen LogP) is 2.13. The Labute approximate surface area is 150 Å². The zero-order chi connectivity index (χ0) is 18.5. The third-order valence-corrected chi connectivity index (χ3v) is 5.39. The number of aromatic nitrogens is 2. The summed E-state index contributed by atoms with van der Waals surface area (Å²) in [7, 11) is 0. The minimum absolute atomic E-state index is 0.254. The first-order valence-corrected chi connectivity index (χ1v) is 8.70. The van der Waals surface area contributed by atoms with Gasteiger partial charge in [-0.15, -0.1) is 0 Å². The molecule has 2 aromatic rings. The summed E-state index contributed by atoms with van der Waals surface area (Å²) >= 11 is 0. The Morgan fingerprint density at radius 1 is 1.31 bits per heavy atom. The molecule has 0 atom stereocenters. The molecular formula is C18H20N4O4. The van der Waals surface area contributed by atoms with Gasteiger partial charge < -0.3 is 9.84 Å². The van der Waals surface area contributed by atoms with E-state index in [1.165, 1.54) is 6.26 Å². The number of imide groups is 1. The van der Waals surface area contributed by atoms with E-state index in [1.807, 2.05) is 6.92 Å². The topological polar surface area (TPSA) is 97.4 Å². The Morgan fingerprint density at radius 3 is 2.69 bits per heavy atom. The van der Waals surface area contributed by atoms with E-state index in [0.717, 1.165) is 23.4 Å². The zero-order valence-corrected chi connectivity index (χ0v) is 14.7. The molecule has 8 nitrogen and oxygen atoms in total. The first-order valence-electron chi connectivity index (χ1n) is 8.70. The first-order chi connectivity index (χ1) is 12.4. The smallest absolute Gasteiger partial charge is 0.325 e. The van der Waals surface area contributed by atoms with E-state index in [9.17, 15) is 14.4 Å². The highest BCUT2D eigenvalue weighted by Gasteiger charge is 2.52. The highest BCUT2D eigenvalue weighted by atomic mass is 16.5. The van der Waals surface area contributed by atoms with Gasteiger partial charge in [0.25, 0.3) is 5.91 Å². The average Bonchev–Trinajstić information content (AvgIpc) is 3.36. The first kappa shape index (κ1) is 16.6. The third-order valence-electron chi connectivity index (χ3n) is 5.39. The highest BCUT2D eigenvalue weighted by molar-refractivity contribution is 6.11. The van der Waals surface area contributed by atoms with Crippen LogP contribution in [0.15, 0.2) is 22.9 Å². The number of rotatable bonds is 4. The molecule has 2 aliphatic rings. The number of carbonyl (C=O) groups is 3. The van der Waals surface area contributed by atoms with Gasteiger partial charge in [-0.1, -0.05) is 18.0 Å². The number of nitrogens with zero attached hydrogens (tertiary/aromatic N) is 3. The average molecular weight is 356 g/mol. The number of amides is 3. The monoisotopic (exact) mass is 356 g/mol. The molecular weight excluding hydrogens is 336 g/mol. The van der Waals surface area contributed by atoms with Crippen molar-refractivity contribution in [2.75, 3.05) is 6.54 Å². The fourth-order valence-corrected chi connectivity index (χ4v) is 4.09. The van der Waals surface area contributed by atoms with E-state index >= 15 is 0 Å². The zero-order valence-electron chi connectivity index (χ0n) is 14.7. The molecule has 1 saturated heterocycles. The molecule has 1 N–H and O–H groups in total. The Bertz CT molecular complexity index is 891. The summed E-state index contributed by atoms with van der Waals surface area (Å²) in [6.07, 6.45) is 4.56. The van der Waals surface area contributed by atoms with Gasteiger partial charge in [-0.05, 0) is 32.8 Å². The lowest BCUT2D eigenvalue weighted by Crippen LogP contribution is -2.44. The molecule has 0 aromatic carbocycles. The second-order valence-corrected chi connectivity index (χ2v) is 7.01. The number of ketones is 1. The van der Waals surface area contributed by atoms with Crippen molar-refractivity contribution >= 4 is 17.7 Å². The number of hydrogen-bond acceptors (Lipinski definition) is 5. The molecule has 4 rings (SSSR count). The summed E-state index contributed by atoms with van der Waals surface area (Å²) in [6, 6.07) is 2.97. The normalized spacial score (nSPS) is 18.8. The van der Waals surface area contributed by atoms with Crippen molar-refractivity contribution < 1.29 is 18.9 Å². The molecule has 0 radical (unpaired) electrons. The van der Waals surface area contributed by atoms with Crippen LogP contribution in [0, 0.1) is 13.8 Å². The van der Waals surface area contributed by atoms with Gasteiger partial charge in [-0.3, -0.25) is 19.1 Å². The molecule has 1 aliphatic heterocycles. The van der Waals surface area contributed by atoms with E-state index < -0.39 is 11.6 Å². The number of Topliss-reactive ketones (excluding diaryl/α,β-unsaturated/α-hetero) is 1. The number of aryl methyl sites for hydroxylation is 1. The van der Waals surface area contributed by atoms with Crippen LogP contribution in [-0.2, 0) is 4.79 Å². The third kappa shape index (κ3) is 2.36. The Balaban J connectivity index is 1.59. The summed E-state index contributed by atoms with van der Waals surface area (Å²) in [6.45, 7) is 3.41. The van der Waals surface area contributed by atoms with Crippen molar-refractivity contribution in [3.8, 4) is 5.82 Å². The van der Waals surface area contributed by atoms with Crippen molar-refractivity contribution in [2.45, 2.75) is 45.1 Å². The van der Waals surface area contributed by atoms with Crippen LogP contribution in [0.5, 0.6) is 0 Å². The predicted molar refractivity (Wildman–Crippen MR) is 91.1 cm³/mol. The summed E-state index contributed by atoms with van der Waals surface area (Å²) in [4.78, 5) is 38.9. The lowest BCUT2D eigenvalue weighted by molar-refractivity contribution is -0.130. The van der Waals surface area contributed by atoms with Crippen molar-refractivity contribution in [2.24, 2.45) is 0 Å². The summed E-state index contributed by atoms with van der Waals surface area (Å²) in [5, 5.41) is 6.70. The quantitative estimate of drug-likeness (QED) is 0.668. The SMILES string of the molecule is Cc1cc(C(=O)CN2C(=O)NC3(CCCC3)C2=O)c(C)n1-c1ccon1. The Hall–Kier alpha value is -2.90. The van der Waals surface area contributed by atoms with Crippen molar-refractivity contribution in [3.63, 3.8) is 0 Å². The van der Waals surface area contributed by atoms with Crippen LogP contribution in [0.3, 0.4) is 0 Å². The molecule has 2 fully saturated rings. The van der Waals surface area contributed by atoms with Crippen LogP contribution in [0.2, 0.25) is 0 Å². The van der Waals surface area contributed by atoms with Gasteiger partial charge in [-0.2, -0.15) is 0 Å². The van der Waals surface area contributed by atoms with E-state index in [4.69, 9.17) is 4.52 Å². The Kier molecular flexibility index (Phi) is 3.71. The minimum Gasteiger partial charge on any atom is -0.363 e. The number of urea groups is 1. The van der Waals surface area contributed by atoms with Crippen LogP contribution in [0.25, 0.3) is 5.82 Å². The fraction of sp³-hybridized carbons (Fsp3) is 0.444. The number of carbonyl (C=O) groups excluding carboxylic acids is 3. The summed E-state index contributed by atoms with van der Waals surface area (Å²) < 4.78 is 6.68. The summed E-state index contributed by atoms with van der Waals surface area (Å²) in [5.74, 6) is 0.0315. The second kappa shape index (κ2) is 5.82. The fourth-order valence-electron chi connectivity index (χ4n) is 4.09. The van der Waals surface area contributed by atoms with E-state index in [1.54, 1.807) is 23.6 Å². The van der Waals surface area contributed by atoms with Gasteiger partial charge in [0.15, 0.2) is 11.6 Å². The van der Waals surface area contributed by atoms with E-state index in [0.29, 0.717) is 29.9 Å². The minimum atomic E-state index is -0.797. The molecule has 2 aromatic heterocycles.